The number of phenols is 1. The number of imide groups is 1. The summed E-state index contributed by atoms with van der Waals surface area (Å²) in [7, 11) is 0. The van der Waals surface area contributed by atoms with Crippen LogP contribution in [0.4, 0.5) is 5.69 Å². The van der Waals surface area contributed by atoms with Crippen molar-refractivity contribution in [1.82, 2.24) is 15.1 Å². The summed E-state index contributed by atoms with van der Waals surface area (Å²) in [6.45, 7) is 5.77. The van der Waals surface area contributed by atoms with E-state index in [1.165, 1.54) is 53.6 Å². The Bertz CT molecular complexity index is 2190. The molecule has 2 N–H and O–H groups in total. The Morgan fingerprint density at radius 2 is 1.54 bits per heavy atom. The Labute approximate surface area is 333 Å². The molecule has 0 radical (unpaired) electrons. The van der Waals surface area contributed by atoms with Crippen molar-refractivity contribution < 1.29 is 29.0 Å². The van der Waals surface area contributed by atoms with Crippen LogP contribution < -0.4 is 19.7 Å². The number of nitrogens with zero attached hydrogens (tertiary/aromatic N) is 3. The van der Waals surface area contributed by atoms with Crippen LogP contribution >= 0.6 is 0 Å². The lowest BCUT2D eigenvalue weighted by Crippen LogP contribution is -2.52. The molecule has 3 amide bonds. The van der Waals surface area contributed by atoms with E-state index in [0.717, 1.165) is 51.1 Å². The number of hydrogen-bond donors (Lipinski definition) is 2. The van der Waals surface area contributed by atoms with Gasteiger partial charge in [0.25, 0.3) is 5.91 Å². The van der Waals surface area contributed by atoms with Gasteiger partial charge in [0.1, 0.15) is 24.5 Å². The first-order valence-corrected chi connectivity index (χ1v) is 20.8. The maximum absolute atomic E-state index is 13.3. The second-order valence-corrected chi connectivity index (χ2v) is 17.2. The van der Waals surface area contributed by atoms with Gasteiger partial charge in [0, 0.05) is 49.8 Å². The van der Waals surface area contributed by atoms with Gasteiger partial charge in [-0.3, -0.25) is 24.6 Å². The lowest BCUT2D eigenvalue weighted by atomic mass is 9.69. The maximum atomic E-state index is 13.3. The molecule has 10 rings (SSSR count). The number of benzene rings is 4. The number of aryl methyl sites for hydroxylation is 1. The monoisotopic (exact) mass is 766 g/mol. The third-order valence-electron chi connectivity index (χ3n) is 13.9. The molecule has 3 fully saturated rings. The second-order valence-electron chi connectivity index (χ2n) is 17.2. The molecular formula is C47H50N4O6. The van der Waals surface area contributed by atoms with Crippen molar-refractivity contribution in [2.75, 3.05) is 44.2 Å². The van der Waals surface area contributed by atoms with Crippen molar-refractivity contribution >= 4 is 23.4 Å². The topological polar surface area (TPSA) is 112 Å². The first-order chi connectivity index (χ1) is 27.8. The molecule has 57 heavy (non-hydrogen) atoms. The highest BCUT2D eigenvalue weighted by Gasteiger charge is 2.42. The van der Waals surface area contributed by atoms with Crippen LogP contribution in [0.3, 0.4) is 0 Å². The van der Waals surface area contributed by atoms with E-state index in [0.29, 0.717) is 53.7 Å². The number of piperidine rings is 3. The zero-order chi connectivity index (χ0) is 38.7. The van der Waals surface area contributed by atoms with Gasteiger partial charge in [-0.05, 0) is 134 Å². The van der Waals surface area contributed by atoms with Gasteiger partial charge < -0.3 is 24.4 Å². The van der Waals surface area contributed by atoms with Crippen molar-refractivity contribution in [1.29, 1.82) is 0 Å². The summed E-state index contributed by atoms with van der Waals surface area (Å²) in [6, 6.07) is 29.2. The molecule has 6 aliphatic rings. The van der Waals surface area contributed by atoms with Crippen LogP contribution in [0.25, 0.3) is 0 Å². The molecule has 3 saturated heterocycles. The van der Waals surface area contributed by atoms with Crippen LogP contribution in [-0.2, 0) is 22.6 Å². The summed E-state index contributed by atoms with van der Waals surface area (Å²) in [5.41, 5.74) is 8.36. The van der Waals surface area contributed by atoms with E-state index in [4.69, 9.17) is 9.47 Å². The van der Waals surface area contributed by atoms with Gasteiger partial charge >= 0.3 is 0 Å². The molecule has 1 spiro atoms. The fraction of sp³-hybridized carbons (Fsp3) is 0.426. The molecule has 4 aromatic carbocycles. The minimum Gasteiger partial charge on any atom is -0.508 e. The van der Waals surface area contributed by atoms with Crippen molar-refractivity contribution in [2.45, 2.75) is 81.9 Å². The minimum absolute atomic E-state index is 0.102. The van der Waals surface area contributed by atoms with E-state index >= 15 is 0 Å². The van der Waals surface area contributed by atoms with E-state index in [9.17, 15) is 19.5 Å². The van der Waals surface area contributed by atoms with Gasteiger partial charge in [-0.25, -0.2) is 0 Å². The molecule has 5 heterocycles. The number of phenolic OH excluding ortho intramolecular Hbond substituents is 1. The molecule has 0 bridgehead atoms. The van der Waals surface area contributed by atoms with Crippen molar-refractivity contribution in [3.05, 3.63) is 118 Å². The van der Waals surface area contributed by atoms with Crippen LogP contribution in [-0.4, -0.2) is 84.1 Å². The first-order valence-electron chi connectivity index (χ1n) is 20.8. The Morgan fingerprint density at radius 1 is 0.772 bits per heavy atom. The molecule has 5 aliphatic heterocycles. The normalized spacial score (nSPS) is 25.6. The fourth-order valence-electron chi connectivity index (χ4n) is 10.7. The average molecular weight is 767 g/mol. The number of ether oxygens (including phenoxy) is 2. The predicted octanol–water partition coefficient (Wildman–Crippen LogP) is 6.54. The standard InChI is InChI=1S/C47H50N4O6/c52-35-11-13-38-32(24-35)8-12-37(30-4-2-1-3-5-30)44(38)31-6-9-34(10-7-31)50-22-18-47(19-23-50)16-20-49(21-17-47)28-36-29-56-41-26-39-33(25-42(41)57-36)27-51(46(39)55)40-14-15-43(53)48-45(40)54/h1-7,9-11,13,24-26,36-37,40,44,52H,8,12,14-23,27-29H2,(H,48,53,54)/t36-,37+,40?,44-/m0/s1. The molecule has 4 atom stereocenters. The van der Waals surface area contributed by atoms with E-state index in [1.807, 2.05) is 18.2 Å². The highest BCUT2D eigenvalue weighted by molar-refractivity contribution is 6.05. The number of rotatable bonds is 6. The minimum atomic E-state index is -0.646. The summed E-state index contributed by atoms with van der Waals surface area (Å²) < 4.78 is 12.6. The van der Waals surface area contributed by atoms with Gasteiger partial charge in [-0.15, -0.1) is 0 Å². The Balaban J connectivity index is 0.737. The van der Waals surface area contributed by atoms with Gasteiger partial charge in [-0.2, -0.15) is 0 Å². The molecule has 4 aromatic rings. The van der Waals surface area contributed by atoms with E-state index in [-0.39, 0.29) is 30.3 Å². The molecule has 0 aromatic heterocycles. The van der Waals surface area contributed by atoms with Gasteiger partial charge in [-0.1, -0.05) is 48.5 Å². The lowest BCUT2D eigenvalue weighted by Gasteiger charge is -2.48. The van der Waals surface area contributed by atoms with Crippen molar-refractivity contribution in [2.24, 2.45) is 5.41 Å². The van der Waals surface area contributed by atoms with Crippen LogP contribution in [0.2, 0.25) is 0 Å². The number of fused-ring (bicyclic) bond motifs is 3. The predicted molar refractivity (Wildman–Crippen MR) is 216 cm³/mol. The Morgan fingerprint density at radius 3 is 2.32 bits per heavy atom. The van der Waals surface area contributed by atoms with Gasteiger partial charge in [0.2, 0.25) is 11.8 Å². The number of hydrogen-bond acceptors (Lipinski definition) is 8. The number of carbonyl (C=O) groups is 3. The summed E-state index contributed by atoms with van der Waals surface area (Å²) >= 11 is 0. The average Bonchev–Trinajstić information content (AvgIpc) is 3.55. The third kappa shape index (κ3) is 6.81. The van der Waals surface area contributed by atoms with Crippen LogP contribution in [0.5, 0.6) is 17.2 Å². The van der Waals surface area contributed by atoms with E-state index in [1.54, 1.807) is 11.0 Å². The van der Waals surface area contributed by atoms with Crippen LogP contribution in [0.1, 0.15) is 95.0 Å². The lowest BCUT2D eigenvalue weighted by molar-refractivity contribution is -0.136. The zero-order valence-electron chi connectivity index (χ0n) is 32.3. The number of carbonyl (C=O) groups excluding carboxylic acids is 3. The molecule has 1 unspecified atom stereocenters. The van der Waals surface area contributed by atoms with Crippen LogP contribution in [0, 0.1) is 5.41 Å². The van der Waals surface area contributed by atoms with E-state index in [2.05, 4.69) is 75.8 Å². The van der Waals surface area contributed by atoms with Crippen molar-refractivity contribution in [3.63, 3.8) is 0 Å². The largest absolute Gasteiger partial charge is 0.508 e. The van der Waals surface area contributed by atoms with Gasteiger partial charge in [0.15, 0.2) is 11.5 Å². The molecule has 1 aliphatic carbocycles. The summed E-state index contributed by atoms with van der Waals surface area (Å²) in [5.74, 6) is 1.31. The zero-order valence-corrected chi connectivity index (χ0v) is 32.3. The summed E-state index contributed by atoms with van der Waals surface area (Å²) in [6.07, 6.45) is 7.28. The number of amides is 3. The molecule has 0 saturated carbocycles. The molecule has 10 heteroatoms. The Hall–Kier alpha value is -5.35. The van der Waals surface area contributed by atoms with Crippen LogP contribution in [0.15, 0.2) is 84.9 Å². The number of likely N-dealkylation sites (tertiary alicyclic amines) is 1. The highest BCUT2D eigenvalue weighted by atomic mass is 16.6. The SMILES string of the molecule is O=C1CCC(N2Cc3cc4c(cc3C2=O)OC[C@H](CN2CCC3(CC2)CCN(c2ccc([C@@H]5c6ccc(O)cc6CC[C@@H]5c5ccccc5)cc2)CC3)O4)C(=O)N1. The smallest absolute Gasteiger partial charge is 0.255 e. The van der Waals surface area contributed by atoms with Gasteiger partial charge in [0.05, 0.1) is 0 Å². The number of aromatic hydroxyl groups is 1. The fourth-order valence-corrected chi connectivity index (χ4v) is 10.7. The summed E-state index contributed by atoms with van der Waals surface area (Å²) in [5, 5.41) is 12.6. The number of nitrogens with one attached hydrogen (secondary N) is 1. The highest BCUT2D eigenvalue weighted by Crippen LogP contribution is 2.48. The van der Waals surface area contributed by atoms with E-state index < -0.39 is 11.9 Å². The molecule has 294 valence electrons. The molecule has 10 nitrogen and oxygen atoms in total. The summed E-state index contributed by atoms with van der Waals surface area (Å²) in [4.78, 5) is 44.1. The quantitative estimate of drug-likeness (QED) is 0.213. The number of anilines is 1. The first kappa shape index (κ1) is 36.0. The third-order valence-corrected chi connectivity index (χ3v) is 13.9. The maximum Gasteiger partial charge on any atom is 0.255 e. The molecular weight excluding hydrogens is 717 g/mol. The second kappa shape index (κ2) is 14.5. The Kier molecular flexibility index (Phi) is 9.19. The van der Waals surface area contributed by atoms with Crippen molar-refractivity contribution in [3.8, 4) is 17.2 Å².